The zero-order chi connectivity index (χ0) is 27.9. The number of aromatic nitrogens is 3. The monoisotopic (exact) mass is 557 g/mol. The summed E-state index contributed by atoms with van der Waals surface area (Å²) in [6.45, 7) is 2.01. The smallest absolute Gasteiger partial charge is 0.184 e. The molecule has 0 fully saturated rings. The first-order valence-corrected chi connectivity index (χ1v) is 14.1. The largest absolute Gasteiger partial charge is 0.389 e. The summed E-state index contributed by atoms with van der Waals surface area (Å²) in [5.74, 6) is 0. The van der Waals surface area contributed by atoms with Crippen molar-refractivity contribution in [2.24, 2.45) is 5.16 Å². The highest BCUT2D eigenvalue weighted by molar-refractivity contribution is 7.13. The van der Waals surface area contributed by atoms with E-state index in [0.717, 1.165) is 33.1 Å². The highest BCUT2D eigenvalue weighted by atomic mass is 32.1. The van der Waals surface area contributed by atoms with E-state index in [1.807, 2.05) is 60.8 Å². The van der Waals surface area contributed by atoms with Crippen LogP contribution >= 0.6 is 11.3 Å². The first-order chi connectivity index (χ1) is 20.2. The van der Waals surface area contributed by atoms with Crippen LogP contribution in [-0.2, 0) is 17.0 Å². The summed E-state index contributed by atoms with van der Waals surface area (Å²) in [6, 6.07) is 41.0. The van der Waals surface area contributed by atoms with Gasteiger partial charge in [-0.25, -0.2) is 9.61 Å². The van der Waals surface area contributed by atoms with Crippen LogP contribution in [0.25, 0.3) is 0 Å². The minimum absolute atomic E-state index is 0.188. The summed E-state index contributed by atoms with van der Waals surface area (Å²) < 4.78 is 4.92. The maximum absolute atomic E-state index is 5.81. The molecule has 202 valence electrons. The molecule has 4 aromatic carbocycles. The molecule has 0 bridgehead atoms. The third-order valence-electron chi connectivity index (χ3n) is 6.76. The van der Waals surface area contributed by atoms with Crippen LogP contribution in [0.15, 0.2) is 136 Å². The van der Waals surface area contributed by atoms with Gasteiger partial charge < -0.3 is 10.2 Å². The molecular formula is C33H27N5O2S. The molecule has 0 aliphatic rings. The number of anilines is 1. The molecule has 8 heteroatoms. The Labute approximate surface area is 242 Å². The van der Waals surface area contributed by atoms with E-state index in [0.29, 0.717) is 17.1 Å². The Balaban J connectivity index is 1.31. The maximum Gasteiger partial charge on any atom is 0.184 e. The Kier molecular flexibility index (Phi) is 7.64. The molecule has 0 saturated heterocycles. The van der Waals surface area contributed by atoms with E-state index in [1.165, 1.54) is 11.3 Å². The molecule has 6 aromatic rings. The molecule has 0 unspecified atom stereocenters. The van der Waals surface area contributed by atoms with E-state index in [1.54, 1.807) is 0 Å². The molecule has 0 saturated carbocycles. The average molecular weight is 558 g/mol. The third kappa shape index (κ3) is 5.50. The molecule has 0 aliphatic heterocycles. The van der Waals surface area contributed by atoms with Crippen molar-refractivity contribution in [3.8, 4) is 0 Å². The molecule has 7 nitrogen and oxygen atoms in total. The second-order valence-corrected chi connectivity index (χ2v) is 10.3. The molecule has 1 N–H and O–H groups in total. The van der Waals surface area contributed by atoms with Gasteiger partial charge in [0, 0.05) is 10.9 Å². The van der Waals surface area contributed by atoms with Gasteiger partial charge in [0.15, 0.2) is 17.4 Å². The second-order valence-electron chi connectivity index (χ2n) is 9.39. The summed E-state index contributed by atoms with van der Waals surface area (Å²) in [7, 11) is 0. The average Bonchev–Trinajstić information content (AvgIpc) is 3.68. The highest BCUT2D eigenvalue weighted by Crippen LogP contribution is 2.40. The quantitative estimate of drug-likeness (QED) is 0.109. The highest BCUT2D eigenvalue weighted by Gasteiger charge is 2.37. The van der Waals surface area contributed by atoms with Crippen LogP contribution < -0.4 is 5.32 Å². The lowest BCUT2D eigenvalue weighted by Gasteiger charge is -2.36. The Morgan fingerprint density at radius 2 is 1.32 bits per heavy atom. The minimum Gasteiger partial charge on any atom is -0.389 e. The van der Waals surface area contributed by atoms with Crippen molar-refractivity contribution in [1.29, 1.82) is 0 Å². The van der Waals surface area contributed by atoms with Gasteiger partial charge in [-0.05, 0) is 28.8 Å². The topological polar surface area (TPSA) is 85.4 Å². The normalized spacial score (nSPS) is 11.8. The minimum atomic E-state index is -0.657. The van der Waals surface area contributed by atoms with E-state index in [2.05, 4.69) is 93.6 Å². The number of rotatable bonds is 10. The van der Waals surface area contributed by atoms with Gasteiger partial charge in [0.25, 0.3) is 0 Å². The summed E-state index contributed by atoms with van der Waals surface area (Å²) in [5, 5.41) is 18.9. The lowest BCUT2D eigenvalue weighted by Crippen LogP contribution is -2.38. The fourth-order valence-electron chi connectivity index (χ4n) is 4.81. The van der Waals surface area contributed by atoms with Crippen molar-refractivity contribution in [3.05, 3.63) is 166 Å². The molecule has 2 heterocycles. The molecule has 0 spiro atoms. The number of oxime groups is 1. The molecular weight excluding hydrogens is 530 g/mol. The maximum atomic E-state index is 5.81. The van der Waals surface area contributed by atoms with Crippen LogP contribution in [0.4, 0.5) is 5.13 Å². The summed E-state index contributed by atoms with van der Waals surface area (Å²) in [5.41, 5.74) is 6.00. The van der Waals surface area contributed by atoms with E-state index in [-0.39, 0.29) is 6.61 Å². The fourth-order valence-corrected chi connectivity index (χ4v) is 5.56. The van der Waals surface area contributed by atoms with Crippen LogP contribution in [0.5, 0.6) is 0 Å². The lowest BCUT2D eigenvalue weighted by molar-refractivity contribution is 0.128. The van der Waals surface area contributed by atoms with Crippen molar-refractivity contribution >= 4 is 22.2 Å². The molecule has 0 atom stereocenters. The van der Waals surface area contributed by atoms with Crippen LogP contribution in [0.1, 0.15) is 39.3 Å². The van der Waals surface area contributed by atoms with Crippen molar-refractivity contribution < 1.29 is 9.47 Å². The Hall–Kier alpha value is -5.08. The Bertz CT molecular complexity index is 1620. The molecule has 6 rings (SSSR count). The number of nitrogens with one attached hydrogen (secondary N) is 1. The van der Waals surface area contributed by atoms with Gasteiger partial charge >= 0.3 is 0 Å². The number of benzene rings is 4. The molecule has 0 amide bonds. The van der Waals surface area contributed by atoms with E-state index < -0.39 is 5.54 Å². The van der Waals surface area contributed by atoms with Gasteiger partial charge in [-0.1, -0.05) is 132 Å². The van der Waals surface area contributed by atoms with Crippen LogP contribution in [0, 0.1) is 6.92 Å². The van der Waals surface area contributed by atoms with E-state index in [4.69, 9.17) is 14.5 Å². The van der Waals surface area contributed by atoms with Gasteiger partial charge in [0.1, 0.15) is 16.9 Å². The van der Waals surface area contributed by atoms with Crippen LogP contribution in [0.3, 0.4) is 0 Å². The zero-order valence-corrected chi connectivity index (χ0v) is 23.2. The summed E-state index contributed by atoms with van der Waals surface area (Å²) >= 11 is 1.53. The number of thiazole rings is 1. The zero-order valence-electron chi connectivity index (χ0n) is 22.3. The third-order valence-corrected chi connectivity index (χ3v) is 7.57. The van der Waals surface area contributed by atoms with Crippen molar-refractivity contribution in [1.82, 2.24) is 15.3 Å². The van der Waals surface area contributed by atoms with Gasteiger partial charge in [-0.3, -0.25) is 0 Å². The number of hydrogen-bond donors (Lipinski definition) is 1. The molecule has 0 radical (unpaired) electrons. The standard InChI is InChI=1S/C33H27N5O2S/c1-24-30(38-40-36-24)31(25-14-6-2-7-15-25)37-39-22-29-23-41-32(34-29)35-33(26-16-8-3-9-17-26,27-18-10-4-11-19-27)28-20-12-5-13-21-28/h2-21,23H,22H2,1H3,(H,34,35)/b37-31-. The predicted molar refractivity (Wildman–Crippen MR) is 161 cm³/mol. The number of hydrogen-bond acceptors (Lipinski definition) is 8. The van der Waals surface area contributed by atoms with Crippen molar-refractivity contribution in [3.63, 3.8) is 0 Å². The van der Waals surface area contributed by atoms with Crippen molar-refractivity contribution in [2.75, 3.05) is 5.32 Å². The summed E-state index contributed by atoms with van der Waals surface area (Å²) in [4.78, 5) is 10.7. The Morgan fingerprint density at radius 1 is 0.780 bits per heavy atom. The first kappa shape index (κ1) is 26.2. The van der Waals surface area contributed by atoms with Crippen molar-refractivity contribution in [2.45, 2.75) is 19.1 Å². The van der Waals surface area contributed by atoms with E-state index >= 15 is 0 Å². The molecule has 2 aromatic heterocycles. The molecule has 41 heavy (non-hydrogen) atoms. The van der Waals surface area contributed by atoms with E-state index in [9.17, 15) is 0 Å². The van der Waals surface area contributed by atoms with Crippen LogP contribution in [0.2, 0.25) is 0 Å². The van der Waals surface area contributed by atoms with Gasteiger partial charge in [0.2, 0.25) is 0 Å². The van der Waals surface area contributed by atoms with Gasteiger partial charge in [-0.15, -0.1) is 11.3 Å². The Morgan fingerprint density at radius 3 is 1.83 bits per heavy atom. The number of aryl methyl sites for hydroxylation is 1. The van der Waals surface area contributed by atoms with Gasteiger partial charge in [-0.2, -0.15) is 0 Å². The second kappa shape index (κ2) is 12.0. The first-order valence-electron chi connectivity index (χ1n) is 13.2. The lowest BCUT2D eigenvalue weighted by atomic mass is 9.77. The molecule has 0 aliphatic carbocycles. The SMILES string of the molecule is Cc1nonc1/C(=N\OCc1csc(NC(c2ccccc2)(c2ccccc2)c2ccccc2)n1)c1ccccc1. The number of nitrogens with zero attached hydrogens (tertiary/aromatic N) is 4. The fraction of sp³-hybridized carbons (Fsp3) is 0.0909. The predicted octanol–water partition coefficient (Wildman–Crippen LogP) is 7.21. The van der Waals surface area contributed by atoms with Gasteiger partial charge in [0.05, 0.1) is 5.69 Å². The van der Waals surface area contributed by atoms with Crippen LogP contribution in [-0.4, -0.2) is 21.0 Å². The summed E-state index contributed by atoms with van der Waals surface area (Å²) in [6.07, 6.45) is 0.